The first kappa shape index (κ1) is 22.7. The third-order valence-corrected chi connectivity index (χ3v) is 4.94. The van der Waals surface area contributed by atoms with Gasteiger partial charge in [0.05, 0.1) is 16.6 Å². The van der Waals surface area contributed by atoms with Crippen LogP contribution in [-0.4, -0.2) is 17.4 Å². The van der Waals surface area contributed by atoms with E-state index < -0.39 is 4.92 Å². The maximum atomic E-state index is 12.3. The lowest BCUT2D eigenvalue weighted by molar-refractivity contribution is -0.384. The SMILES string of the molecule is Cc1cccc(NC(=O)COc2ccc(Br)cc2/C=C(\C#N)c2ccc([N+](=O)[O-])cc2)c1. The van der Waals surface area contributed by atoms with Crippen LogP contribution in [0.5, 0.6) is 5.75 Å². The highest BCUT2D eigenvalue weighted by Gasteiger charge is 2.11. The maximum absolute atomic E-state index is 12.3. The number of rotatable bonds is 7. The first-order chi connectivity index (χ1) is 15.4. The van der Waals surface area contributed by atoms with Crippen LogP contribution in [0, 0.1) is 28.4 Å². The minimum atomic E-state index is -0.498. The largest absolute Gasteiger partial charge is 0.483 e. The van der Waals surface area contributed by atoms with E-state index in [9.17, 15) is 20.2 Å². The molecule has 7 nitrogen and oxygen atoms in total. The number of nitriles is 1. The van der Waals surface area contributed by atoms with Crippen LogP contribution < -0.4 is 10.1 Å². The molecule has 0 aliphatic rings. The molecule has 1 amide bonds. The summed E-state index contributed by atoms with van der Waals surface area (Å²) in [4.78, 5) is 22.7. The van der Waals surface area contributed by atoms with E-state index in [2.05, 4.69) is 27.3 Å². The molecule has 0 radical (unpaired) electrons. The molecule has 0 aliphatic heterocycles. The Kier molecular flexibility index (Phi) is 7.37. The third-order valence-electron chi connectivity index (χ3n) is 4.44. The minimum Gasteiger partial charge on any atom is -0.483 e. The van der Waals surface area contributed by atoms with Gasteiger partial charge in [-0.3, -0.25) is 14.9 Å². The van der Waals surface area contributed by atoms with Crippen molar-refractivity contribution in [2.24, 2.45) is 0 Å². The number of allylic oxidation sites excluding steroid dienone is 1. The van der Waals surface area contributed by atoms with Crippen molar-refractivity contribution < 1.29 is 14.5 Å². The molecule has 0 aliphatic carbocycles. The molecule has 0 saturated carbocycles. The molecule has 0 atom stereocenters. The molecular formula is C24H18BrN3O4. The van der Waals surface area contributed by atoms with Gasteiger partial charge in [-0.1, -0.05) is 28.1 Å². The van der Waals surface area contributed by atoms with Gasteiger partial charge in [-0.05, 0) is 66.6 Å². The monoisotopic (exact) mass is 491 g/mol. The van der Waals surface area contributed by atoms with Crippen LogP contribution in [0.2, 0.25) is 0 Å². The van der Waals surface area contributed by atoms with E-state index in [0.717, 1.165) is 10.0 Å². The highest BCUT2D eigenvalue weighted by molar-refractivity contribution is 9.10. The molecule has 1 N–H and O–H groups in total. The van der Waals surface area contributed by atoms with Gasteiger partial charge in [0, 0.05) is 27.9 Å². The number of hydrogen-bond donors (Lipinski definition) is 1. The van der Waals surface area contributed by atoms with Crippen LogP contribution in [0.25, 0.3) is 11.6 Å². The van der Waals surface area contributed by atoms with Crippen LogP contribution >= 0.6 is 15.9 Å². The molecule has 0 bridgehead atoms. The smallest absolute Gasteiger partial charge is 0.269 e. The number of carbonyl (C=O) groups excluding carboxylic acids is 1. The van der Waals surface area contributed by atoms with Gasteiger partial charge in [-0.2, -0.15) is 5.26 Å². The Bertz CT molecular complexity index is 1230. The summed E-state index contributed by atoms with van der Waals surface area (Å²) in [7, 11) is 0. The highest BCUT2D eigenvalue weighted by atomic mass is 79.9. The molecular weight excluding hydrogens is 474 g/mol. The number of hydrogen-bond acceptors (Lipinski definition) is 5. The minimum absolute atomic E-state index is 0.0582. The average molecular weight is 492 g/mol. The van der Waals surface area contributed by atoms with Crippen LogP contribution in [-0.2, 0) is 4.79 Å². The zero-order valence-corrected chi connectivity index (χ0v) is 18.6. The zero-order chi connectivity index (χ0) is 23.1. The molecule has 0 unspecified atom stereocenters. The van der Waals surface area contributed by atoms with Crippen LogP contribution in [0.4, 0.5) is 11.4 Å². The van der Waals surface area contributed by atoms with Crippen molar-refractivity contribution in [2.75, 3.05) is 11.9 Å². The molecule has 0 spiro atoms. The third kappa shape index (κ3) is 6.03. The number of aryl methyl sites for hydroxylation is 1. The summed E-state index contributed by atoms with van der Waals surface area (Å²) < 4.78 is 6.48. The topological polar surface area (TPSA) is 105 Å². The lowest BCUT2D eigenvalue weighted by Crippen LogP contribution is -2.20. The molecule has 32 heavy (non-hydrogen) atoms. The Hall–Kier alpha value is -3.96. The normalized spacial score (nSPS) is 10.8. The molecule has 0 saturated heterocycles. The van der Waals surface area contributed by atoms with E-state index in [1.807, 2.05) is 25.1 Å². The van der Waals surface area contributed by atoms with Gasteiger partial charge >= 0.3 is 0 Å². The number of carbonyl (C=O) groups is 1. The summed E-state index contributed by atoms with van der Waals surface area (Å²) in [6.45, 7) is 1.72. The van der Waals surface area contributed by atoms with Gasteiger partial charge in [0.15, 0.2) is 6.61 Å². The first-order valence-corrected chi connectivity index (χ1v) is 10.3. The number of nitrogens with one attached hydrogen (secondary N) is 1. The molecule has 3 aromatic rings. The second-order valence-electron chi connectivity index (χ2n) is 6.86. The highest BCUT2D eigenvalue weighted by Crippen LogP contribution is 2.28. The van der Waals surface area contributed by atoms with Crippen molar-refractivity contribution in [3.8, 4) is 11.8 Å². The lowest BCUT2D eigenvalue weighted by Gasteiger charge is -2.11. The van der Waals surface area contributed by atoms with Crippen molar-refractivity contribution in [3.05, 3.63) is 98.0 Å². The van der Waals surface area contributed by atoms with Crippen molar-refractivity contribution in [3.63, 3.8) is 0 Å². The maximum Gasteiger partial charge on any atom is 0.269 e. The van der Waals surface area contributed by atoms with Crippen molar-refractivity contribution in [2.45, 2.75) is 6.92 Å². The molecule has 3 aromatic carbocycles. The molecule has 0 heterocycles. The number of nitro benzene ring substituents is 1. The predicted molar refractivity (Wildman–Crippen MR) is 126 cm³/mol. The number of halogens is 1. The summed E-state index contributed by atoms with van der Waals surface area (Å²) in [6.07, 6.45) is 1.61. The second kappa shape index (κ2) is 10.4. The fourth-order valence-corrected chi connectivity index (χ4v) is 3.30. The molecule has 160 valence electrons. The summed E-state index contributed by atoms with van der Waals surface area (Å²) in [6, 6.07) is 20.5. The Morgan fingerprint density at radius 1 is 1.19 bits per heavy atom. The van der Waals surface area contributed by atoms with Crippen LogP contribution in [0.15, 0.2) is 71.2 Å². The summed E-state index contributed by atoms with van der Waals surface area (Å²) >= 11 is 3.40. The van der Waals surface area contributed by atoms with E-state index in [1.165, 1.54) is 24.3 Å². The molecule has 8 heteroatoms. The van der Waals surface area contributed by atoms with E-state index in [-0.39, 0.29) is 18.2 Å². The Balaban J connectivity index is 1.79. The Morgan fingerprint density at radius 2 is 1.94 bits per heavy atom. The zero-order valence-electron chi connectivity index (χ0n) is 17.0. The summed E-state index contributed by atoms with van der Waals surface area (Å²) in [5.41, 5.74) is 3.06. The van der Waals surface area contributed by atoms with Gasteiger partial charge in [0.2, 0.25) is 0 Å². The summed E-state index contributed by atoms with van der Waals surface area (Å²) in [5, 5.41) is 23.3. The number of non-ortho nitro benzene ring substituents is 1. The van der Waals surface area contributed by atoms with Gasteiger partial charge in [-0.25, -0.2) is 0 Å². The molecule has 3 rings (SSSR count). The van der Waals surface area contributed by atoms with Gasteiger partial charge in [0.1, 0.15) is 5.75 Å². The second-order valence-corrected chi connectivity index (χ2v) is 7.78. The van der Waals surface area contributed by atoms with E-state index in [4.69, 9.17) is 4.74 Å². The number of amides is 1. The number of nitrogens with zero attached hydrogens (tertiary/aromatic N) is 2. The molecule has 0 aromatic heterocycles. The van der Waals surface area contributed by atoms with Gasteiger partial charge in [0.25, 0.3) is 11.6 Å². The van der Waals surface area contributed by atoms with Crippen molar-refractivity contribution >= 4 is 44.9 Å². The molecule has 0 fully saturated rings. The summed E-state index contributed by atoms with van der Waals surface area (Å²) in [5.74, 6) is 0.103. The fourth-order valence-electron chi connectivity index (χ4n) is 2.93. The predicted octanol–water partition coefficient (Wildman–Crippen LogP) is 5.75. The lowest BCUT2D eigenvalue weighted by atomic mass is 10.0. The Morgan fingerprint density at radius 3 is 2.59 bits per heavy atom. The van der Waals surface area contributed by atoms with Crippen LogP contribution in [0.3, 0.4) is 0 Å². The quantitative estimate of drug-likeness (QED) is 0.196. The number of ether oxygens (including phenoxy) is 1. The van der Waals surface area contributed by atoms with Gasteiger partial charge in [-0.15, -0.1) is 0 Å². The standard InChI is InChI=1S/C24H18BrN3O4/c1-16-3-2-4-21(11-16)27-24(29)15-32-23-10-7-20(25)13-18(23)12-19(14-26)17-5-8-22(9-6-17)28(30)31/h2-13H,15H2,1H3,(H,27,29)/b19-12+. The first-order valence-electron chi connectivity index (χ1n) is 9.51. The fraction of sp³-hybridized carbons (Fsp3) is 0.0833. The van der Waals surface area contributed by atoms with E-state index in [0.29, 0.717) is 28.1 Å². The van der Waals surface area contributed by atoms with Gasteiger partial charge < -0.3 is 10.1 Å². The number of nitro groups is 1. The number of benzene rings is 3. The van der Waals surface area contributed by atoms with E-state index >= 15 is 0 Å². The number of anilines is 1. The average Bonchev–Trinajstić information content (AvgIpc) is 2.77. The van der Waals surface area contributed by atoms with Crippen molar-refractivity contribution in [1.82, 2.24) is 0 Å². The Labute approximate surface area is 193 Å². The van der Waals surface area contributed by atoms with E-state index in [1.54, 1.807) is 30.3 Å². The van der Waals surface area contributed by atoms with Crippen LogP contribution in [0.1, 0.15) is 16.7 Å². The van der Waals surface area contributed by atoms with Crippen molar-refractivity contribution in [1.29, 1.82) is 5.26 Å².